The summed E-state index contributed by atoms with van der Waals surface area (Å²) in [6, 6.07) is 7.53. The van der Waals surface area contributed by atoms with Crippen molar-refractivity contribution in [1.82, 2.24) is 24.7 Å². The van der Waals surface area contributed by atoms with E-state index in [9.17, 15) is 13.2 Å². The van der Waals surface area contributed by atoms with E-state index in [4.69, 9.17) is 4.98 Å². The molecule has 2 fully saturated rings. The highest BCUT2D eigenvalue weighted by atomic mass is 19.4. The first-order valence-electron chi connectivity index (χ1n) is 11.5. The van der Waals surface area contributed by atoms with Crippen LogP contribution in [-0.4, -0.2) is 50.4 Å². The molecule has 6 rings (SSSR count). The number of aryl methyl sites for hydroxylation is 1. The van der Waals surface area contributed by atoms with Gasteiger partial charge in [-0.15, -0.1) is 5.10 Å². The third kappa shape index (κ3) is 3.72. The van der Waals surface area contributed by atoms with Gasteiger partial charge in [-0.2, -0.15) is 18.2 Å². The molecule has 1 saturated carbocycles. The number of hydrogen-bond donors (Lipinski definition) is 1. The van der Waals surface area contributed by atoms with E-state index in [1.165, 1.54) is 12.1 Å². The highest BCUT2D eigenvalue weighted by molar-refractivity contribution is 5.60. The Bertz CT molecular complexity index is 1180. The standard InChI is InChI=1S/C23H25F3N8/c1-14-10-19(28-13-27-14)32-11-15-2-3-16(12-32)20(15)29-21-30-22-33(8-9-34(22)31-21)18-6-4-17(5-7-18)23(24,25)26/h4-7,10,13,15-16,20H,2-3,8-9,11-12H2,1H3,(H,29,31)/t15-,16+,20?. The average molecular weight is 471 g/mol. The minimum atomic E-state index is -4.35. The molecule has 3 atom stereocenters. The highest BCUT2D eigenvalue weighted by Gasteiger charge is 2.43. The van der Waals surface area contributed by atoms with Crippen molar-refractivity contribution < 1.29 is 13.2 Å². The van der Waals surface area contributed by atoms with Crippen molar-refractivity contribution in [2.45, 2.75) is 38.5 Å². The third-order valence-corrected chi connectivity index (χ3v) is 7.18. The Morgan fingerprint density at radius 3 is 2.41 bits per heavy atom. The van der Waals surface area contributed by atoms with Crippen LogP contribution >= 0.6 is 0 Å². The summed E-state index contributed by atoms with van der Waals surface area (Å²) in [5.41, 5.74) is 0.990. The van der Waals surface area contributed by atoms with E-state index in [2.05, 4.69) is 25.3 Å². The van der Waals surface area contributed by atoms with Crippen LogP contribution in [0, 0.1) is 18.8 Å². The molecule has 8 nitrogen and oxygen atoms in total. The summed E-state index contributed by atoms with van der Waals surface area (Å²) in [4.78, 5) is 17.6. The molecule has 3 aliphatic rings. The van der Waals surface area contributed by atoms with Crippen LogP contribution in [0.1, 0.15) is 24.1 Å². The van der Waals surface area contributed by atoms with Gasteiger partial charge in [0.05, 0.1) is 12.1 Å². The Kier molecular flexibility index (Phi) is 4.89. The maximum Gasteiger partial charge on any atom is 0.416 e. The van der Waals surface area contributed by atoms with E-state index >= 15 is 0 Å². The fourth-order valence-electron chi connectivity index (χ4n) is 5.52. The number of nitrogens with zero attached hydrogens (tertiary/aromatic N) is 7. The smallest absolute Gasteiger partial charge is 0.356 e. The molecule has 0 amide bonds. The molecule has 2 aliphatic heterocycles. The van der Waals surface area contributed by atoms with Gasteiger partial charge in [-0.05, 0) is 55.9 Å². The number of halogens is 3. The predicted molar refractivity (Wildman–Crippen MR) is 121 cm³/mol. The van der Waals surface area contributed by atoms with Gasteiger partial charge in [0.15, 0.2) is 0 Å². The predicted octanol–water partition coefficient (Wildman–Crippen LogP) is 3.87. The van der Waals surface area contributed by atoms with Gasteiger partial charge in [0.1, 0.15) is 12.1 Å². The van der Waals surface area contributed by atoms with E-state index in [-0.39, 0.29) is 0 Å². The average Bonchev–Trinajstić information content (AvgIpc) is 3.44. The zero-order chi connectivity index (χ0) is 23.4. The van der Waals surface area contributed by atoms with E-state index in [1.807, 2.05) is 22.6 Å². The lowest BCUT2D eigenvalue weighted by atomic mass is 9.92. The molecular formula is C23H25F3N8. The highest BCUT2D eigenvalue weighted by Crippen LogP contribution is 2.40. The molecule has 0 spiro atoms. The lowest BCUT2D eigenvalue weighted by molar-refractivity contribution is -0.137. The van der Waals surface area contributed by atoms with Crippen molar-refractivity contribution in [3.05, 3.63) is 47.9 Å². The number of piperidine rings is 1. The van der Waals surface area contributed by atoms with Crippen LogP contribution in [0.15, 0.2) is 36.7 Å². The van der Waals surface area contributed by atoms with Crippen molar-refractivity contribution in [2.24, 2.45) is 11.8 Å². The third-order valence-electron chi connectivity index (χ3n) is 7.18. The van der Waals surface area contributed by atoms with Gasteiger partial charge in [-0.25, -0.2) is 14.6 Å². The van der Waals surface area contributed by atoms with Gasteiger partial charge in [0, 0.05) is 43.1 Å². The Balaban J connectivity index is 1.16. The largest absolute Gasteiger partial charge is 0.416 e. The summed E-state index contributed by atoms with van der Waals surface area (Å²) in [5, 5.41) is 8.22. The zero-order valence-electron chi connectivity index (χ0n) is 18.7. The molecule has 11 heteroatoms. The van der Waals surface area contributed by atoms with Crippen molar-refractivity contribution in [3.63, 3.8) is 0 Å². The normalized spacial score (nSPS) is 23.9. The van der Waals surface area contributed by atoms with Gasteiger partial charge in [-0.1, -0.05) is 0 Å². The molecule has 34 heavy (non-hydrogen) atoms. The van der Waals surface area contributed by atoms with Gasteiger partial charge < -0.3 is 15.1 Å². The topological polar surface area (TPSA) is 75.0 Å². The van der Waals surface area contributed by atoms with Gasteiger partial charge in [-0.3, -0.25) is 0 Å². The summed E-state index contributed by atoms with van der Waals surface area (Å²) in [5.74, 6) is 3.16. The monoisotopic (exact) mass is 470 g/mol. The summed E-state index contributed by atoms with van der Waals surface area (Å²) in [6.45, 7) is 5.10. The summed E-state index contributed by atoms with van der Waals surface area (Å²) < 4.78 is 40.6. The maximum absolute atomic E-state index is 12.9. The first-order valence-corrected chi connectivity index (χ1v) is 11.5. The summed E-state index contributed by atoms with van der Waals surface area (Å²) in [7, 11) is 0. The van der Waals surface area contributed by atoms with Crippen LogP contribution in [-0.2, 0) is 12.7 Å². The van der Waals surface area contributed by atoms with E-state index in [0.717, 1.165) is 49.6 Å². The quantitative estimate of drug-likeness (QED) is 0.620. The van der Waals surface area contributed by atoms with Crippen LogP contribution in [0.5, 0.6) is 0 Å². The number of nitrogens with one attached hydrogen (secondary N) is 1. The second-order valence-corrected chi connectivity index (χ2v) is 9.35. The van der Waals surface area contributed by atoms with Gasteiger partial charge in [0.25, 0.3) is 0 Å². The number of benzene rings is 1. The number of alkyl halides is 3. The molecule has 1 unspecified atom stereocenters. The minimum Gasteiger partial charge on any atom is -0.356 e. The Labute approximate surface area is 194 Å². The molecule has 2 bridgehead atoms. The number of rotatable bonds is 4. The SMILES string of the molecule is Cc1cc(N2C[C@H]3CC[C@@H](C2)C3Nc2nc3n(n2)CCN3c2ccc(C(F)(F)F)cc2)ncn1. The van der Waals surface area contributed by atoms with Crippen molar-refractivity contribution >= 4 is 23.4 Å². The van der Waals surface area contributed by atoms with Crippen molar-refractivity contribution in [1.29, 1.82) is 0 Å². The number of hydrogen-bond acceptors (Lipinski definition) is 7. The molecular weight excluding hydrogens is 445 g/mol. The van der Waals surface area contributed by atoms with Gasteiger partial charge >= 0.3 is 6.18 Å². The van der Waals surface area contributed by atoms with E-state index in [0.29, 0.717) is 48.6 Å². The molecule has 1 aromatic carbocycles. The summed E-state index contributed by atoms with van der Waals surface area (Å²) >= 11 is 0. The molecule has 0 radical (unpaired) electrons. The molecule has 3 aromatic rings. The number of fused-ring (bicyclic) bond motifs is 3. The molecule has 1 N–H and O–H groups in total. The lowest BCUT2D eigenvalue weighted by Gasteiger charge is -2.38. The van der Waals surface area contributed by atoms with E-state index in [1.54, 1.807) is 6.33 Å². The second-order valence-electron chi connectivity index (χ2n) is 9.35. The van der Waals surface area contributed by atoms with Crippen LogP contribution in [0.2, 0.25) is 0 Å². The molecule has 1 saturated heterocycles. The first kappa shape index (κ1) is 21.2. The minimum absolute atomic E-state index is 0.293. The maximum atomic E-state index is 12.9. The molecule has 2 aromatic heterocycles. The van der Waals surface area contributed by atoms with Crippen LogP contribution in [0.25, 0.3) is 0 Å². The fourth-order valence-corrected chi connectivity index (χ4v) is 5.52. The van der Waals surface area contributed by atoms with Crippen LogP contribution in [0.3, 0.4) is 0 Å². The zero-order valence-corrected chi connectivity index (χ0v) is 18.7. The Hall–Kier alpha value is -3.37. The summed E-state index contributed by atoms with van der Waals surface area (Å²) in [6.07, 6.45) is -0.431. The Morgan fingerprint density at radius 2 is 1.74 bits per heavy atom. The van der Waals surface area contributed by atoms with Crippen LogP contribution < -0.4 is 15.1 Å². The molecule has 178 valence electrons. The molecule has 4 heterocycles. The van der Waals surface area contributed by atoms with Crippen LogP contribution in [0.4, 0.5) is 36.6 Å². The van der Waals surface area contributed by atoms with Crippen molar-refractivity contribution in [2.75, 3.05) is 34.8 Å². The molecule has 1 aliphatic carbocycles. The number of aromatic nitrogens is 5. The van der Waals surface area contributed by atoms with Crippen molar-refractivity contribution in [3.8, 4) is 0 Å². The fraction of sp³-hybridized carbons (Fsp3) is 0.478. The lowest BCUT2D eigenvalue weighted by Crippen LogP contribution is -2.48. The van der Waals surface area contributed by atoms with Gasteiger partial charge in [0.2, 0.25) is 11.9 Å². The second kappa shape index (κ2) is 7.85. The first-order chi connectivity index (χ1) is 16.3. The number of anilines is 4. The Morgan fingerprint density at radius 1 is 1.00 bits per heavy atom. The van der Waals surface area contributed by atoms with E-state index < -0.39 is 11.7 Å².